The molecule has 0 amide bonds. The highest BCUT2D eigenvalue weighted by molar-refractivity contribution is 5.84. The number of hydrogen-bond acceptors (Lipinski definition) is 2. The minimum Gasteiger partial charge on any atom is -0.310 e. The monoisotopic (exact) mass is 820 g/mol. The van der Waals surface area contributed by atoms with Crippen LogP contribution in [-0.2, 0) is 0 Å². The van der Waals surface area contributed by atoms with Crippen molar-refractivity contribution in [2.24, 2.45) is 0 Å². The van der Waals surface area contributed by atoms with Gasteiger partial charge in [0.05, 0.1) is 0 Å². The van der Waals surface area contributed by atoms with Crippen LogP contribution < -0.4 is 9.80 Å². The van der Waals surface area contributed by atoms with Gasteiger partial charge in [0.25, 0.3) is 0 Å². The summed E-state index contributed by atoms with van der Waals surface area (Å²) in [5, 5.41) is 0. The fourth-order valence-corrected chi connectivity index (χ4v) is 8.82. The Morgan fingerprint density at radius 2 is 0.422 bits per heavy atom. The van der Waals surface area contributed by atoms with Crippen molar-refractivity contribution in [2.75, 3.05) is 9.80 Å². The highest BCUT2D eigenvalue weighted by atomic mass is 15.1. The zero-order valence-corrected chi connectivity index (χ0v) is 36.1. The van der Waals surface area contributed by atoms with E-state index >= 15 is 0 Å². The first-order chi connectivity index (χ1) is 31.6. The molecule has 0 saturated carbocycles. The average Bonchev–Trinajstić information content (AvgIpc) is 3.36. The van der Waals surface area contributed by atoms with E-state index in [1.54, 1.807) is 0 Å². The molecule has 0 aliphatic rings. The molecule has 0 unspecified atom stereocenters. The second-order valence-electron chi connectivity index (χ2n) is 16.3. The molecular formula is C62H48N2. The predicted molar refractivity (Wildman–Crippen MR) is 272 cm³/mol. The van der Waals surface area contributed by atoms with Crippen molar-refractivity contribution < 1.29 is 0 Å². The Morgan fingerprint density at radius 3 is 0.672 bits per heavy atom. The first-order valence-corrected chi connectivity index (χ1v) is 22.0. The predicted octanol–water partition coefficient (Wildman–Crippen LogP) is 17.6. The molecule has 0 bridgehead atoms. The third-order valence-corrected chi connectivity index (χ3v) is 12.2. The van der Waals surface area contributed by atoms with E-state index in [-0.39, 0.29) is 0 Å². The zero-order chi connectivity index (χ0) is 43.2. The molecule has 10 aromatic rings. The van der Waals surface area contributed by atoms with Gasteiger partial charge in [0.2, 0.25) is 0 Å². The Hall–Kier alpha value is -8.20. The highest BCUT2D eigenvalue weighted by Crippen LogP contribution is 2.41. The van der Waals surface area contributed by atoms with Crippen molar-refractivity contribution in [3.05, 3.63) is 266 Å². The van der Waals surface area contributed by atoms with Crippen LogP contribution in [0.25, 0.3) is 55.6 Å². The maximum Gasteiger partial charge on any atom is 0.0464 e. The van der Waals surface area contributed by atoms with E-state index in [1.165, 1.54) is 55.6 Å². The molecule has 0 aromatic heterocycles. The van der Waals surface area contributed by atoms with Crippen molar-refractivity contribution >= 4 is 34.1 Å². The number of anilines is 6. The molecule has 64 heavy (non-hydrogen) atoms. The summed E-state index contributed by atoms with van der Waals surface area (Å²) < 4.78 is 0. The van der Waals surface area contributed by atoms with E-state index in [2.05, 4.69) is 278 Å². The Bertz CT molecular complexity index is 2890. The number of hydrogen-bond donors (Lipinski definition) is 0. The second-order valence-corrected chi connectivity index (χ2v) is 16.3. The first kappa shape index (κ1) is 39.9. The molecule has 2 heteroatoms. The molecule has 0 atom stereocenters. The molecule has 0 aliphatic carbocycles. The standard InChI is InChI=1S/C62H48N2/c1-45-43-59(39-41-61(45)53-19-11-5-12-20-53)63(55-31-23-49(24-32-55)47-15-7-3-8-16-47)57-35-27-51(28-36-57)52-29-37-58(38-30-52)64(56-33-25-50(26-34-56)48-17-9-4-10-18-48)60-40-42-62(46(2)44-60)54-21-13-6-14-22-54/h3-44H,1-2H3. The SMILES string of the molecule is Cc1cc(N(c2ccc(-c3ccccc3)cc2)c2ccc(-c3ccc(N(c4ccc(-c5ccccc5)cc4)c4ccc(-c5ccccc5)c(C)c4)cc3)cc2)ccc1-c1ccccc1. The Balaban J connectivity index is 0.979. The van der Waals surface area contributed by atoms with E-state index in [0.717, 1.165) is 45.3 Å². The van der Waals surface area contributed by atoms with Crippen molar-refractivity contribution in [3.8, 4) is 55.6 Å². The molecular weight excluding hydrogens is 773 g/mol. The fourth-order valence-electron chi connectivity index (χ4n) is 8.82. The van der Waals surface area contributed by atoms with Gasteiger partial charge >= 0.3 is 0 Å². The average molecular weight is 821 g/mol. The van der Waals surface area contributed by atoms with Crippen LogP contribution in [0.3, 0.4) is 0 Å². The topological polar surface area (TPSA) is 6.48 Å². The van der Waals surface area contributed by atoms with E-state index in [1.807, 2.05) is 0 Å². The lowest BCUT2D eigenvalue weighted by Crippen LogP contribution is -2.10. The zero-order valence-electron chi connectivity index (χ0n) is 36.1. The highest BCUT2D eigenvalue weighted by Gasteiger charge is 2.17. The van der Waals surface area contributed by atoms with Crippen LogP contribution in [0.5, 0.6) is 0 Å². The molecule has 0 radical (unpaired) electrons. The molecule has 2 nitrogen and oxygen atoms in total. The van der Waals surface area contributed by atoms with Gasteiger partial charge in [0, 0.05) is 34.1 Å². The molecule has 0 fully saturated rings. The summed E-state index contributed by atoms with van der Waals surface area (Å²) in [4.78, 5) is 4.71. The van der Waals surface area contributed by atoms with Gasteiger partial charge in [0.15, 0.2) is 0 Å². The van der Waals surface area contributed by atoms with Gasteiger partial charge in [-0.1, -0.05) is 182 Å². The third kappa shape index (κ3) is 8.38. The van der Waals surface area contributed by atoms with Gasteiger partial charge < -0.3 is 9.80 Å². The van der Waals surface area contributed by atoms with Gasteiger partial charge in [-0.3, -0.25) is 0 Å². The van der Waals surface area contributed by atoms with Gasteiger partial charge in [-0.25, -0.2) is 0 Å². The van der Waals surface area contributed by atoms with E-state index in [0.29, 0.717) is 0 Å². The summed E-state index contributed by atoms with van der Waals surface area (Å²) in [6.45, 7) is 4.41. The lowest BCUT2D eigenvalue weighted by molar-refractivity contribution is 1.27. The summed E-state index contributed by atoms with van der Waals surface area (Å²) >= 11 is 0. The van der Waals surface area contributed by atoms with E-state index < -0.39 is 0 Å². The Morgan fingerprint density at radius 1 is 0.203 bits per heavy atom. The van der Waals surface area contributed by atoms with E-state index in [9.17, 15) is 0 Å². The van der Waals surface area contributed by atoms with Crippen LogP contribution in [0.1, 0.15) is 11.1 Å². The fraction of sp³-hybridized carbons (Fsp3) is 0.0323. The molecule has 0 spiro atoms. The normalized spacial score (nSPS) is 11.0. The van der Waals surface area contributed by atoms with Gasteiger partial charge in [0.1, 0.15) is 0 Å². The van der Waals surface area contributed by atoms with Gasteiger partial charge in [-0.2, -0.15) is 0 Å². The van der Waals surface area contributed by atoms with E-state index in [4.69, 9.17) is 0 Å². The van der Waals surface area contributed by atoms with Crippen molar-refractivity contribution in [1.82, 2.24) is 0 Å². The maximum absolute atomic E-state index is 2.36. The van der Waals surface area contributed by atoms with Crippen LogP contribution in [-0.4, -0.2) is 0 Å². The molecule has 0 heterocycles. The van der Waals surface area contributed by atoms with Crippen LogP contribution in [0.15, 0.2) is 255 Å². The lowest BCUT2D eigenvalue weighted by atomic mass is 9.99. The number of rotatable bonds is 11. The van der Waals surface area contributed by atoms with Crippen molar-refractivity contribution in [3.63, 3.8) is 0 Å². The van der Waals surface area contributed by atoms with Crippen LogP contribution in [0.2, 0.25) is 0 Å². The Labute approximate surface area is 377 Å². The van der Waals surface area contributed by atoms with Gasteiger partial charge in [-0.15, -0.1) is 0 Å². The smallest absolute Gasteiger partial charge is 0.0464 e. The van der Waals surface area contributed by atoms with Crippen molar-refractivity contribution in [2.45, 2.75) is 13.8 Å². The lowest BCUT2D eigenvalue weighted by Gasteiger charge is -2.27. The third-order valence-electron chi connectivity index (χ3n) is 12.2. The Kier molecular flexibility index (Phi) is 11.2. The van der Waals surface area contributed by atoms with Crippen molar-refractivity contribution in [1.29, 1.82) is 0 Å². The molecule has 10 rings (SSSR count). The molecule has 0 aliphatic heterocycles. The largest absolute Gasteiger partial charge is 0.310 e. The number of benzene rings is 10. The summed E-state index contributed by atoms with van der Waals surface area (Å²) in [7, 11) is 0. The number of nitrogens with zero attached hydrogens (tertiary/aromatic N) is 2. The minimum absolute atomic E-state index is 1.10. The molecule has 10 aromatic carbocycles. The minimum atomic E-state index is 1.10. The quantitative estimate of drug-likeness (QED) is 0.128. The number of aryl methyl sites for hydroxylation is 2. The second kappa shape index (κ2) is 18.0. The van der Waals surface area contributed by atoms with Crippen LogP contribution in [0.4, 0.5) is 34.1 Å². The molecule has 0 saturated heterocycles. The molecule has 0 N–H and O–H groups in total. The maximum atomic E-state index is 2.36. The van der Waals surface area contributed by atoms with Crippen LogP contribution in [0, 0.1) is 13.8 Å². The summed E-state index contributed by atoms with van der Waals surface area (Å²) in [5.74, 6) is 0. The van der Waals surface area contributed by atoms with Gasteiger partial charge in [-0.05, 0) is 153 Å². The molecule has 306 valence electrons. The summed E-state index contributed by atoms with van der Waals surface area (Å²) in [6.07, 6.45) is 0. The van der Waals surface area contributed by atoms with Crippen LogP contribution >= 0.6 is 0 Å². The summed E-state index contributed by atoms with van der Waals surface area (Å²) in [5.41, 5.74) is 21.1. The summed E-state index contributed by atoms with van der Waals surface area (Å²) in [6, 6.07) is 91.7. The first-order valence-electron chi connectivity index (χ1n) is 22.0.